The maximum atomic E-state index is 12.1. The zero-order valence-electron chi connectivity index (χ0n) is 15.1. The lowest BCUT2D eigenvalue weighted by atomic mass is 9.96. The van der Waals surface area contributed by atoms with Crippen molar-refractivity contribution in [2.75, 3.05) is 13.2 Å². The van der Waals surface area contributed by atoms with E-state index in [2.05, 4.69) is 5.32 Å². The van der Waals surface area contributed by atoms with E-state index in [1.54, 1.807) is 12.1 Å². The zero-order valence-corrected chi connectivity index (χ0v) is 15.1. The van der Waals surface area contributed by atoms with Crippen LogP contribution in [0, 0.1) is 5.92 Å². The lowest BCUT2D eigenvalue weighted by molar-refractivity contribution is -0.125. The fourth-order valence-corrected chi connectivity index (χ4v) is 2.92. The molecule has 3 N–H and O–H groups in total. The number of ether oxygens (including phenoxy) is 2. The van der Waals surface area contributed by atoms with Crippen LogP contribution in [0.5, 0.6) is 11.5 Å². The molecule has 1 aliphatic rings. The monoisotopic (exact) mass is 354 g/mol. The molecular weight excluding hydrogens is 328 g/mol. The first-order valence-corrected chi connectivity index (χ1v) is 9.00. The van der Waals surface area contributed by atoms with E-state index < -0.39 is 0 Å². The highest BCUT2D eigenvalue weighted by atomic mass is 16.5. The molecule has 0 saturated heterocycles. The first-order chi connectivity index (χ1) is 12.6. The van der Waals surface area contributed by atoms with E-state index in [1.807, 2.05) is 49.4 Å². The minimum Gasteiger partial charge on any atom is -0.489 e. The van der Waals surface area contributed by atoms with Crippen LogP contribution in [0.15, 0.2) is 54.6 Å². The highest BCUT2D eigenvalue weighted by Crippen LogP contribution is 2.38. The van der Waals surface area contributed by atoms with Crippen LogP contribution in [0.1, 0.15) is 25.3 Å². The molecule has 0 heterocycles. The van der Waals surface area contributed by atoms with Crippen LogP contribution in [0.25, 0.3) is 0 Å². The molecule has 1 fully saturated rings. The Morgan fingerprint density at radius 1 is 1.08 bits per heavy atom. The standard InChI is InChI=1S/C21H26N2O3/c1-21(15-22,17-7-8-17)23-20(24)14-26-19-11-9-18(10-12-19)25-13-16-5-3-2-4-6-16/h2-6,9-12,17H,7-8,13-15,22H2,1H3,(H,23,24). The van der Waals surface area contributed by atoms with Crippen molar-refractivity contribution in [3.8, 4) is 11.5 Å². The number of hydrogen-bond donors (Lipinski definition) is 2. The Hall–Kier alpha value is -2.53. The third-order valence-electron chi connectivity index (χ3n) is 4.77. The normalized spacial score (nSPS) is 15.8. The Kier molecular flexibility index (Phi) is 5.78. The summed E-state index contributed by atoms with van der Waals surface area (Å²) in [7, 11) is 0. The Bertz CT molecular complexity index is 714. The molecule has 5 heteroatoms. The summed E-state index contributed by atoms with van der Waals surface area (Å²) in [5, 5.41) is 3.01. The average Bonchev–Trinajstić information content (AvgIpc) is 3.52. The van der Waals surface area contributed by atoms with Crippen molar-refractivity contribution >= 4 is 5.91 Å². The Morgan fingerprint density at radius 2 is 1.69 bits per heavy atom. The molecule has 0 bridgehead atoms. The molecule has 0 aliphatic heterocycles. The molecule has 1 unspecified atom stereocenters. The summed E-state index contributed by atoms with van der Waals surface area (Å²) >= 11 is 0. The van der Waals surface area contributed by atoms with Gasteiger partial charge in [-0.15, -0.1) is 0 Å². The van der Waals surface area contributed by atoms with Gasteiger partial charge in [0.05, 0.1) is 5.54 Å². The fraction of sp³-hybridized carbons (Fsp3) is 0.381. The summed E-state index contributed by atoms with van der Waals surface area (Å²) in [4.78, 5) is 12.1. The molecule has 1 atom stereocenters. The third kappa shape index (κ3) is 4.99. The van der Waals surface area contributed by atoms with Crippen molar-refractivity contribution < 1.29 is 14.3 Å². The Morgan fingerprint density at radius 3 is 2.27 bits per heavy atom. The average molecular weight is 354 g/mol. The number of benzene rings is 2. The molecule has 0 aromatic heterocycles. The summed E-state index contributed by atoms with van der Waals surface area (Å²) < 4.78 is 11.3. The number of amides is 1. The third-order valence-corrected chi connectivity index (χ3v) is 4.77. The van der Waals surface area contributed by atoms with E-state index in [0.29, 0.717) is 24.8 Å². The van der Waals surface area contributed by atoms with E-state index >= 15 is 0 Å². The summed E-state index contributed by atoms with van der Waals surface area (Å²) in [6.45, 7) is 2.94. The first-order valence-electron chi connectivity index (χ1n) is 9.00. The first kappa shape index (κ1) is 18.3. The second-order valence-electron chi connectivity index (χ2n) is 6.98. The van der Waals surface area contributed by atoms with Crippen molar-refractivity contribution in [3.63, 3.8) is 0 Å². The minimum absolute atomic E-state index is 0.0213. The van der Waals surface area contributed by atoms with Crippen LogP contribution in [0.3, 0.4) is 0 Å². The summed E-state index contributed by atoms with van der Waals surface area (Å²) in [5.74, 6) is 1.73. The van der Waals surface area contributed by atoms with Gasteiger partial charge in [-0.1, -0.05) is 30.3 Å². The van der Waals surface area contributed by atoms with Gasteiger partial charge in [-0.05, 0) is 55.5 Å². The number of nitrogens with one attached hydrogen (secondary N) is 1. The van der Waals surface area contributed by atoms with Gasteiger partial charge in [0.15, 0.2) is 6.61 Å². The predicted octanol–water partition coefficient (Wildman–Crippen LogP) is 2.89. The predicted molar refractivity (Wildman–Crippen MR) is 101 cm³/mol. The molecule has 1 aliphatic carbocycles. The van der Waals surface area contributed by atoms with Gasteiger partial charge in [-0.3, -0.25) is 4.79 Å². The smallest absolute Gasteiger partial charge is 0.258 e. The second-order valence-corrected chi connectivity index (χ2v) is 6.98. The van der Waals surface area contributed by atoms with Crippen LogP contribution in [-0.4, -0.2) is 24.6 Å². The van der Waals surface area contributed by atoms with Gasteiger partial charge in [0, 0.05) is 6.54 Å². The van der Waals surface area contributed by atoms with Gasteiger partial charge in [0.1, 0.15) is 18.1 Å². The minimum atomic E-state index is -0.324. The molecule has 3 rings (SSSR count). The molecule has 1 saturated carbocycles. The van der Waals surface area contributed by atoms with Gasteiger partial charge in [0.2, 0.25) is 0 Å². The van der Waals surface area contributed by atoms with E-state index in [-0.39, 0.29) is 18.1 Å². The summed E-state index contributed by atoms with van der Waals surface area (Å²) in [6.07, 6.45) is 2.25. The number of carbonyl (C=O) groups is 1. The maximum absolute atomic E-state index is 12.1. The van der Waals surface area contributed by atoms with Crippen molar-refractivity contribution in [3.05, 3.63) is 60.2 Å². The van der Waals surface area contributed by atoms with Crippen LogP contribution >= 0.6 is 0 Å². The molecule has 1 amide bonds. The molecule has 0 radical (unpaired) electrons. The quantitative estimate of drug-likeness (QED) is 0.726. The number of rotatable bonds is 9. The molecule has 0 spiro atoms. The summed E-state index contributed by atoms with van der Waals surface area (Å²) in [6, 6.07) is 17.3. The van der Waals surface area contributed by atoms with E-state index in [1.165, 1.54) is 0 Å². The fourth-order valence-electron chi connectivity index (χ4n) is 2.92. The lowest BCUT2D eigenvalue weighted by Gasteiger charge is -2.29. The van der Waals surface area contributed by atoms with E-state index in [0.717, 1.165) is 24.2 Å². The van der Waals surface area contributed by atoms with Crippen molar-refractivity contribution in [1.29, 1.82) is 0 Å². The molecule has 2 aromatic carbocycles. The zero-order chi connectivity index (χ0) is 18.4. The van der Waals surface area contributed by atoms with Crippen LogP contribution in [0.2, 0.25) is 0 Å². The number of carbonyl (C=O) groups excluding carboxylic acids is 1. The molecule has 138 valence electrons. The molecule has 26 heavy (non-hydrogen) atoms. The van der Waals surface area contributed by atoms with Crippen LogP contribution < -0.4 is 20.5 Å². The molecule has 2 aromatic rings. The SMILES string of the molecule is CC(CN)(NC(=O)COc1ccc(OCc2ccccc2)cc1)C1CC1. The van der Waals surface area contributed by atoms with Gasteiger partial charge in [-0.2, -0.15) is 0 Å². The van der Waals surface area contributed by atoms with Crippen LogP contribution in [-0.2, 0) is 11.4 Å². The van der Waals surface area contributed by atoms with Crippen molar-refractivity contribution in [2.24, 2.45) is 11.7 Å². The molecule has 5 nitrogen and oxygen atoms in total. The van der Waals surface area contributed by atoms with Gasteiger partial charge < -0.3 is 20.5 Å². The van der Waals surface area contributed by atoms with Gasteiger partial charge in [-0.25, -0.2) is 0 Å². The Balaban J connectivity index is 1.44. The highest BCUT2D eigenvalue weighted by molar-refractivity contribution is 5.78. The largest absolute Gasteiger partial charge is 0.489 e. The van der Waals surface area contributed by atoms with E-state index in [4.69, 9.17) is 15.2 Å². The lowest BCUT2D eigenvalue weighted by Crippen LogP contribution is -2.54. The highest BCUT2D eigenvalue weighted by Gasteiger charge is 2.41. The van der Waals surface area contributed by atoms with E-state index in [9.17, 15) is 4.79 Å². The van der Waals surface area contributed by atoms with Crippen LogP contribution in [0.4, 0.5) is 0 Å². The maximum Gasteiger partial charge on any atom is 0.258 e. The van der Waals surface area contributed by atoms with Crippen molar-refractivity contribution in [1.82, 2.24) is 5.32 Å². The van der Waals surface area contributed by atoms with Crippen molar-refractivity contribution in [2.45, 2.75) is 31.9 Å². The topological polar surface area (TPSA) is 73.6 Å². The molecular formula is C21H26N2O3. The second kappa shape index (κ2) is 8.23. The summed E-state index contributed by atoms with van der Waals surface area (Å²) in [5.41, 5.74) is 6.61. The van der Waals surface area contributed by atoms with Gasteiger partial charge in [0.25, 0.3) is 5.91 Å². The Labute approximate surface area is 154 Å². The number of hydrogen-bond acceptors (Lipinski definition) is 4. The number of nitrogens with two attached hydrogens (primary N) is 1. The van der Waals surface area contributed by atoms with Gasteiger partial charge >= 0.3 is 0 Å².